The highest BCUT2D eigenvalue weighted by atomic mass is 35.5. The second-order valence-corrected chi connectivity index (χ2v) is 6.82. The van der Waals surface area contributed by atoms with Gasteiger partial charge in [0.25, 0.3) is 0 Å². The van der Waals surface area contributed by atoms with Crippen LogP contribution in [0.4, 0.5) is 0 Å². The fourth-order valence-corrected chi connectivity index (χ4v) is 3.14. The van der Waals surface area contributed by atoms with Crippen LogP contribution in [0.15, 0.2) is 30.5 Å². The molecule has 0 amide bonds. The molecule has 2 aromatic heterocycles. The summed E-state index contributed by atoms with van der Waals surface area (Å²) in [6.45, 7) is 3.84. The van der Waals surface area contributed by atoms with Crippen molar-refractivity contribution in [1.29, 1.82) is 0 Å². The molecule has 0 unspecified atom stereocenters. The number of methoxy groups -OCH3 is 1. The molecule has 7 nitrogen and oxygen atoms in total. The van der Waals surface area contributed by atoms with Crippen molar-refractivity contribution in [2.75, 3.05) is 26.9 Å². The molecular formula is C19H18ClN3O4. The number of carbonyl (C=O) groups is 1. The smallest absolute Gasteiger partial charge is 0.337 e. The Bertz CT molecular complexity index is 1010. The quantitative estimate of drug-likeness (QED) is 0.626. The van der Waals surface area contributed by atoms with Crippen LogP contribution in [0.25, 0.3) is 16.6 Å². The Morgan fingerprint density at radius 3 is 2.85 bits per heavy atom. The maximum Gasteiger partial charge on any atom is 0.337 e. The Morgan fingerprint density at radius 1 is 1.37 bits per heavy atom. The van der Waals surface area contributed by atoms with E-state index in [1.54, 1.807) is 29.1 Å². The number of hydrogen-bond acceptors (Lipinski definition) is 6. The molecule has 3 aromatic rings. The van der Waals surface area contributed by atoms with Gasteiger partial charge in [0.1, 0.15) is 5.02 Å². The van der Waals surface area contributed by atoms with Crippen LogP contribution in [0.1, 0.15) is 16.1 Å². The van der Waals surface area contributed by atoms with Gasteiger partial charge in [-0.3, -0.25) is 0 Å². The third-order valence-electron chi connectivity index (χ3n) is 4.49. The lowest BCUT2D eigenvalue weighted by atomic mass is 10.1. The number of esters is 1. The fourth-order valence-electron chi connectivity index (χ4n) is 2.92. The van der Waals surface area contributed by atoms with Gasteiger partial charge in [0.2, 0.25) is 5.88 Å². The summed E-state index contributed by atoms with van der Waals surface area (Å²) in [6, 6.07) is 7.07. The first kappa shape index (κ1) is 17.8. The molecule has 3 heterocycles. The molecule has 1 aromatic carbocycles. The van der Waals surface area contributed by atoms with Crippen LogP contribution < -0.4 is 4.74 Å². The maximum absolute atomic E-state index is 11.8. The molecule has 0 radical (unpaired) electrons. The Morgan fingerprint density at radius 2 is 2.19 bits per heavy atom. The SMILES string of the molecule is COC(=O)c1ccc2c(c1)c(C)nn2-c1cnc(OCC2COC2)c(Cl)c1. The molecule has 27 heavy (non-hydrogen) atoms. The highest BCUT2D eigenvalue weighted by Gasteiger charge is 2.20. The molecule has 0 atom stereocenters. The van der Waals surface area contributed by atoms with Gasteiger partial charge in [-0.15, -0.1) is 0 Å². The van der Waals surface area contributed by atoms with E-state index >= 15 is 0 Å². The lowest BCUT2D eigenvalue weighted by Crippen LogP contribution is -2.32. The standard InChI is InChI=1S/C19H18ClN3O4/c1-11-15-5-13(19(24)25-2)3-4-17(15)23(22-11)14-6-16(20)18(21-7-14)27-10-12-8-26-9-12/h3-7,12H,8-10H2,1-2H3. The van der Waals surface area contributed by atoms with Crippen LogP contribution in [0.3, 0.4) is 0 Å². The second-order valence-electron chi connectivity index (χ2n) is 6.42. The van der Waals surface area contributed by atoms with E-state index in [2.05, 4.69) is 10.1 Å². The summed E-state index contributed by atoms with van der Waals surface area (Å²) in [7, 11) is 1.36. The first-order valence-corrected chi connectivity index (χ1v) is 8.89. The molecule has 0 saturated carbocycles. The monoisotopic (exact) mass is 387 g/mol. The van der Waals surface area contributed by atoms with Crippen molar-refractivity contribution in [2.24, 2.45) is 5.92 Å². The number of benzene rings is 1. The Balaban J connectivity index is 1.65. The van der Waals surface area contributed by atoms with Gasteiger partial charge in [0.05, 0.1) is 55.6 Å². The molecule has 0 spiro atoms. The van der Waals surface area contributed by atoms with Crippen LogP contribution >= 0.6 is 11.6 Å². The number of aromatic nitrogens is 3. The van der Waals surface area contributed by atoms with Crippen molar-refractivity contribution in [3.63, 3.8) is 0 Å². The van der Waals surface area contributed by atoms with Gasteiger partial charge in [-0.1, -0.05) is 11.6 Å². The van der Waals surface area contributed by atoms with Crippen molar-refractivity contribution < 1.29 is 19.0 Å². The van der Waals surface area contributed by atoms with Crippen molar-refractivity contribution in [3.8, 4) is 11.6 Å². The molecule has 0 N–H and O–H groups in total. The predicted molar refractivity (Wildman–Crippen MR) is 99.8 cm³/mol. The number of halogens is 1. The van der Waals surface area contributed by atoms with E-state index in [4.69, 9.17) is 25.8 Å². The zero-order valence-electron chi connectivity index (χ0n) is 14.9. The summed E-state index contributed by atoms with van der Waals surface area (Å²) in [5.41, 5.74) is 2.83. The van der Waals surface area contributed by atoms with Crippen LogP contribution in [0.5, 0.6) is 5.88 Å². The summed E-state index contributed by atoms with van der Waals surface area (Å²) in [6.07, 6.45) is 1.67. The van der Waals surface area contributed by atoms with Crippen LogP contribution in [0.2, 0.25) is 5.02 Å². The molecule has 1 aliphatic heterocycles. The molecular weight excluding hydrogens is 370 g/mol. The summed E-state index contributed by atoms with van der Waals surface area (Å²) in [5.74, 6) is 0.407. The molecule has 140 valence electrons. The Kier molecular flexibility index (Phi) is 4.72. The number of fused-ring (bicyclic) bond motifs is 1. The molecule has 4 rings (SSSR count). The number of ether oxygens (including phenoxy) is 3. The number of aryl methyl sites for hydroxylation is 1. The van der Waals surface area contributed by atoms with E-state index < -0.39 is 0 Å². The van der Waals surface area contributed by atoms with Crippen molar-refractivity contribution in [3.05, 3.63) is 46.7 Å². The number of hydrogen-bond donors (Lipinski definition) is 0. The number of rotatable bonds is 5. The summed E-state index contributed by atoms with van der Waals surface area (Å²) in [4.78, 5) is 16.1. The minimum Gasteiger partial charge on any atom is -0.476 e. The highest BCUT2D eigenvalue weighted by molar-refractivity contribution is 6.32. The lowest BCUT2D eigenvalue weighted by Gasteiger charge is -2.25. The van der Waals surface area contributed by atoms with Crippen LogP contribution in [-0.4, -0.2) is 47.7 Å². The van der Waals surface area contributed by atoms with Gasteiger partial charge in [-0.2, -0.15) is 5.10 Å². The Labute approximate surface area is 160 Å². The molecule has 1 fully saturated rings. The first-order valence-electron chi connectivity index (χ1n) is 8.51. The third-order valence-corrected chi connectivity index (χ3v) is 4.76. The van der Waals surface area contributed by atoms with Gasteiger partial charge >= 0.3 is 5.97 Å². The highest BCUT2D eigenvalue weighted by Crippen LogP contribution is 2.28. The van der Waals surface area contributed by atoms with E-state index in [1.807, 2.05) is 13.0 Å². The van der Waals surface area contributed by atoms with Crippen molar-refractivity contribution in [2.45, 2.75) is 6.92 Å². The van der Waals surface area contributed by atoms with Crippen molar-refractivity contribution >= 4 is 28.5 Å². The van der Waals surface area contributed by atoms with E-state index in [1.165, 1.54) is 7.11 Å². The van der Waals surface area contributed by atoms with Gasteiger partial charge in [0.15, 0.2) is 0 Å². The molecule has 8 heteroatoms. The summed E-state index contributed by atoms with van der Waals surface area (Å²) in [5, 5.41) is 5.84. The normalized spacial score (nSPS) is 14.2. The topological polar surface area (TPSA) is 75.5 Å². The maximum atomic E-state index is 11.8. The zero-order chi connectivity index (χ0) is 19.0. The number of nitrogens with zero attached hydrogens (tertiary/aromatic N) is 3. The zero-order valence-corrected chi connectivity index (χ0v) is 15.7. The van der Waals surface area contributed by atoms with Gasteiger partial charge in [-0.25, -0.2) is 14.5 Å². The third kappa shape index (κ3) is 3.36. The van der Waals surface area contributed by atoms with E-state index in [9.17, 15) is 4.79 Å². The average molecular weight is 388 g/mol. The predicted octanol–water partition coefficient (Wildman–Crippen LogP) is 3.19. The largest absolute Gasteiger partial charge is 0.476 e. The summed E-state index contributed by atoms with van der Waals surface area (Å²) < 4.78 is 17.3. The fraction of sp³-hybridized carbons (Fsp3) is 0.316. The van der Waals surface area contributed by atoms with E-state index in [0.717, 1.165) is 16.6 Å². The average Bonchev–Trinajstić information content (AvgIpc) is 2.97. The van der Waals surface area contributed by atoms with Gasteiger partial charge in [-0.05, 0) is 31.2 Å². The second kappa shape index (κ2) is 7.17. The van der Waals surface area contributed by atoms with Crippen molar-refractivity contribution in [1.82, 2.24) is 14.8 Å². The molecule has 1 saturated heterocycles. The first-order chi connectivity index (χ1) is 13.1. The van der Waals surface area contributed by atoms with Crippen LogP contribution in [0, 0.1) is 12.8 Å². The number of carbonyl (C=O) groups excluding carboxylic acids is 1. The summed E-state index contributed by atoms with van der Waals surface area (Å²) >= 11 is 6.35. The molecule has 0 bridgehead atoms. The van der Waals surface area contributed by atoms with Crippen LogP contribution in [-0.2, 0) is 9.47 Å². The van der Waals surface area contributed by atoms with Gasteiger partial charge in [0, 0.05) is 11.3 Å². The van der Waals surface area contributed by atoms with E-state index in [-0.39, 0.29) is 5.97 Å². The lowest BCUT2D eigenvalue weighted by molar-refractivity contribution is -0.0514. The minimum atomic E-state index is -0.382. The number of pyridine rings is 1. The van der Waals surface area contributed by atoms with Gasteiger partial charge < -0.3 is 14.2 Å². The molecule has 1 aliphatic rings. The Hall–Kier alpha value is -2.64. The van der Waals surface area contributed by atoms with E-state index in [0.29, 0.717) is 47.9 Å². The minimum absolute atomic E-state index is 0.382. The molecule has 0 aliphatic carbocycles.